The molecule has 1 aromatic heterocycles. The average Bonchev–Trinajstić information content (AvgIpc) is 2.99. The number of nitrogens with one attached hydrogen (secondary N) is 1. The van der Waals surface area contributed by atoms with E-state index in [2.05, 4.69) is 53.4 Å². The lowest BCUT2D eigenvalue weighted by molar-refractivity contribution is 0.190. The maximum atomic E-state index is 5.57. The molecule has 1 N–H and O–H groups in total. The molecular formula is C16H23ClN4O. The van der Waals surface area contributed by atoms with E-state index in [1.54, 1.807) is 0 Å². The van der Waals surface area contributed by atoms with Gasteiger partial charge in [-0.15, -0.1) is 12.4 Å². The van der Waals surface area contributed by atoms with Crippen molar-refractivity contribution in [2.75, 3.05) is 26.7 Å². The van der Waals surface area contributed by atoms with E-state index in [0.717, 1.165) is 25.5 Å². The van der Waals surface area contributed by atoms with Crippen molar-refractivity contribution >= 4 is 12.4 Å². The highest BCUT2D eigenvalue weighted by Gasteiger charge is 2.32. The number of halogens is 1. The molecule has 5 nitrogen and oxygen atoms in total. The molecule has 0 aliphatic carbocycles. The normalized spacial score (nSPS) is 19.7. The third kappa shape index (κ3) is 3.16. The topological polar surface area (TPSA) is 54.2 Å². The molecule has 1 aliphatic heterocycles. The number of hydrogen-bond donors (Lipinski definition) is 1. The first-order chi connectivity index (χ1) is 10.1. The molecule has 0 amide bonds. The van der Waals surface area contributed by atoms with Gasteiger partial charge in [-0.3, -0.25) is 4.90 Å². The van der Waals surface area contributed by atoms with Crippen molar-refractivity contribution in [3.63, 3.8) is 0 Å². The molecule has 3 rings (SSSR count). The van der Waals surface area contributed by atoms with Gasteiger partial charge in [0, 0.05) is 19.6 Å². The lowest BCUT2D eigenvalue weighted by Crippen LogP contribution is -2.44. The average molecular weight is 323 g/mol. The van der Waals surface area contributed by atoms with E-state index in [1.807, 2.05) is 18.2 Å². The summed E-state index contributed by atoms with van der Waals surface area (Å²) in [7, 11) is 2.10. The highest BCUT2D eigenvalue weighted by atomic mass is 35.5. The Morgan fingerprint density at radius 1 is 1.27 bits per heavy atom. The van der Waals surface area contributed by atoms with Gasteiger partial charge in [-0.05, 0) is 26.5 Å². The van der Waals surface area contributed by atoms with Crippen molar-refractivity contribution in [2.24, 2.45) is 0 Å². The van der Waals surface area contributed by atoms with Crippen LogP contribution in [0.5, 0.6) is 0 Å². The van der Waals surface area contributed by atoms with Crippen LogP contribution >= 0.6 is 12.4 Å². The number of likely N-dealkylation sites (N-methyl/N-ethyl adjacent to an activating group) is 1. The van der Waals surface area contributed by atoms with Gasteiger partial charge in [0.2, 0.25) is 5.89 Å². The maximum absolute atomic E-state index is 5.57. The number of rotatable bonds is 3. The third-order valence-electron chi connectivity index (χ3n) is 4.28. The lowest BCUT2D eigenvalue weighted by Gasteiger charge is -2.30. The minimum Gasteiger partial charge on any atom is -0.338 e. The van der Waals surface area contributed by atoms with Crippen LogP contribution in [0.4, 0.5) is 0 Å². The fourth-order valence-corrected chi connectivity index (χ4v) is 2.70. The highest BCUT2D eigenvalue weighted by molar-refractivity contribution is 5.85. The highest BCUT2D eigenvalue weighted by Crippen LogP contribution is 2.31. The van der Waals surface area contributed by atoms with E-state index in [4.69, 9.17) is 4.52 Å². The summed E-state index contributed by atoms with van der Waals surface area (Å²) in [6.07, 6.45) is 0. The Labute approximate surface area is 137 Å². The Kier molecular flexibility index (Phi) is 5.21. The summed E-state index contributed by atoms with van der Waals surface area (Å²) in [4.78, 5) is 6.94. The van der Waals surface area contributed by atoms with Gasteiger partial charge in [-0.25, -0.2) is 0 Å². The first kappa shape index (κ1) is 16.9. The Morgan fingerprint density at radius 2 is 2.00 bits per heavy atom. The monoisotopic (exact) mass is 322 g/mol. The van der Waals surface area contributed by atoms with E-state index < -0.39 is 0 Å². The van der Waals surface area contributed by atoms with Crippen molar-refractivity contribution in [2.45, 2.75) is 25.3 Å². The van der Waals surface area contributed by atoms with E-state index in [0.29, 0.717) is 5.89 Å². The van der Waals surface area contributed by atoms with Crippen LogP contribution in [-0.2, 0) is 5.41 Å². The van der Waals surface area contributed by atoms with Gasteiger partial charge in [-0.1, -0.05) is 35.5 Å². The minimum atomic E-state index is -0.285. The van der Waals surface area contributed by atoms with Crippen LogP contribution < -0.4 is 5.32 Å². The second-order valence-electron chi connectivity index (χ2n) is 6.15. The molecule has 1 atom stereocenters. The zero-order valence-electron chi connectivity index (χ0n) is 13.2. The summed E-state index contributed by atoms with van der Waals surface area (Å²) < 4.78 is 5.57. The molecule has 1 aliphatic rings. The van der Waals surface area contributed by atoms with Crippen LogP contribution in [0.15, 0.2) is 34.9 Å². The van der Waals surface area contributed by atoms with Crippen LogP contribution in [0.25, 0.3) is 0 Å². The summed E-state index contributed by atoms with van der Waals surface area (Å²) in [5.74, 6) is 1.44. The standard InChI is InChI=1S/C16H22N4O.ClH/c1-16(2,12-7-5-4-6-8-12)15-18-14(19-21-15)13-11-17-9-10-20(13)3;/h4-8,13,17H,9-11H2,1-3H3;1H. The van der Waals surface area contributed by atoms with Crippen molar-refractivity contribution in [1.29, 1.82) is 0 Å². The van der Waals surface area contributed by atoms with Gasteiger partial charge < -0.3 is 9.84 Å². The molecule has 0 spiro atoms. The summed E-state index contributed by atoms with van der Waals surface area (Å²) in [5.41, 5.74) is 0.892. The largest absolute Gasteiger partial charge is 0.338 e. The second kappa shape index (κ2) is 6.77. The number of nitrogens with zero attached hydrogens (tertiary/aromatic N) is 3. The first-order valence-electron chi connectivity index (χ1n) is 7.39. The van der Waals surface area contributed by atoms with Gasteiger partial charge in [0.15, 0.2) is 5.82 Å². The van der Waals surface area contributed by atoms with E-state index in [1.165, 1.54) is 5.56 Å². The van der Waals surface area contributed by atoms with Crippen molar-refractivity contribution in [3.05, 3.63) is 47.6 Å². The van der Waals surface area contributed by atoms with Crippen molar-refractivity contribution < 1.29 is 4.52 Å². The molecule has 0 radical (unpaired) electrons. The molecular weight excluding hydrogens is 300 g/mol. The molecule has 22 heavy (non-hydrogen) atoms. The first-order valence-corrected chi connectivity index (χ1v) is 7.39. The lowest BCUT2D eigenvalue weighted by atomic mass is 9.84. The predicted octanol–water partition coefficient (Wildman–Crippen LogP) is 2.39. The van der Waals surface area contributed by atoms with E-state index >= 15 is 0 Å². The second-order valence-corrected chi connectivity index (χ2v) is 6.15. The molecule has 1 aromatic carbocycles. The Bertz CT molecular complexity index is 599. The quantitative estimate of drug-likeness (QED) is 0.940. The Hall–Kier alpha value is -1.43. The van der Waals surface area contributed by atoms with Gasteiger partial charge in [0.1, 0.15) is 0 Å². The molecule has 120 valence electrons. The molecule has 0 bridgehead atoms. The molecule has 6 heteroatoms. The van der Waals surface area contributed by atoms with Crippen LogP contribution in [0.3, 0.4) is 0 Å². The summed E-state index contributed by atoms with van der Waals surface area (Å²) in [6, 6.07) is 10.5. The number of piperazine rings is 1. The smallest absolute Gasteiger partial charge is 0.236 e. The minimum absolute atomic E-state index is 0. The fraction of sp³-hybridized carbons (Fsp3) is 0.500. The fourth-order valence-electron chi connectivity index (χ4n) is 2.70. The van der Waals surface area contributed by atoms with Crippen molar-refractivity contribution in [1.82, 2.24) is 20.4 Å². The van der Waals surface area contributed by atoms with Crippen LogP contribution in [0.1, 0.15) is 37.2 Å². The summed E-state index contributed by atoms with van der Waals surface area (Å²) in [5, 5.41) is 7.59. The Balaban J connectivity index is 0.00000176. The molecule has 1 unspecified atom stereocenters. The van der Waals surface area contributed by atoms with E-state index in [9.17, 15) is 0 Å². The van der Waals surface area contributed by atoms with Gasteiger partial charge >= 0.3 is 0 Å². The summed E-state index contributed by atoms with van der Waals surface area (Å²) >= 11 is 0. The number of hydrogen-bond acceptors (Lipinski definition) is 5. The number of aromatic nitrogens is 2. The van der Waals surface area contributed by atoms with E-state index in [-0.39, 0.29) is 23.9 Å². The summed E-state index contributed by atoms with van der Waals surface area (Å²) in [6.45, 7) is 7.09. The maximum Gasteiger partial charge on any atom is 0.236 e. The molecule has 1 saturated heterocycles. The van der Waals surface area contributed by atoms with Gasteiger partial charge in [0.05, 0.1) is 11.5 Å². The van der Waals surface area contributed by atoms with Gasteiger partial charge in [-0.2, -0.15) is 4.98 Å². The van der Waals surface area contributed by atoms with Crippen LogP contribution in [0.2, 0.25) is 0 Å². The van der Waals surface area contributed by atoms with Gasteiger partial charge in [0.25, 0.3) is 0 Å². The molecule has 2 heterocycles. The predicted molar refractivity (Wildman–Crippen MR) is 88.4 cm³/mol. The zero-order chi connectivity index (χ0) is 14.9. The molecule has 2 aromatic rings. The third-order valence-corrected chi connectivity index (χ3v) is 4.28. The van der Waals surface area contributed by atoms with Crippen molar-refractivity contribution in [3.8, 4) is 0 Å². The number of benzene rings is 1. The Morgan fingerprint density at radius 3 is 2.68 bits per heavy atom. The van der Waals surface area contributed by atoms with Crippen LogP contribution in [-0.4, -0.2) is 41.7 Å². The molecule has 1 fully saturated rings. The van der Waals surface area contributed by atoms with Crippen LogP contribution in [0, 0.1) is 0 Å². The SMILES string of the molecule is CN1CCNCC1c1noc(C(C)(C)c2ccccc2)n1.Cl. The molecule has 0 saturated carbocycles. The zero-order valence-corrected chi connectivity index (χ0v) is 14.1.